The minimum atomic E-state index is -4.93. The molecule has 0 aliphatic rings. The molecule has 0 fully saturated rings. The second-order valence-electron chi connectivity index (χ2n) is 5.53. The molecule has 0 spiro atoms. The normalized spacial score (nSPS) is 13.8. The van der Waals surface area contributed by atoms with E-state index in [1.165, 1.54) is 31.4 Å². The predicted molar refractivity (Wildman–Crippen MR) is 86.1 cm³/mol. The van der Waals surface area contributed by atoms with Crippen LogP contribution in [0, 0.1) is 0 Å². The fraction of sp³-hybridized carbons (Fsp3) is 0.278. The number of ether oxygens (including phenoxy) is 1. The lowest BCUT2D eigenvalue weighted by Gasteiger charge is -2.31. The Balaban J connectivity index is 2.09. The molecule has 0 aliphatic carbocycles. The molecule has 2 rings (SSSR count). The van der Waals surface area contributed by atoms with E-state index >= 15 is 0 Å². The summed E-state index contributed by atoms with van der Waals surface area (Å²) >= 11 is 0. The van der Waals surface area contributed by atoms with E-state index in [0.29, 0.717) is 11.3 Å². The monoisotopic (exact) mass is 353 g/mol. The van der Waals surface area contributed by atoms with Crippen LogP contribution in [-0.4, -0.2) is 30.8 Å². The Morgan fingerprint density at radius 1 is 1.12 bits per heavy atom. The molecular formula is C18H18F3NO3. The molecule has 134 valence electrons. The molecule has 7 heteroatoms. The largest absolute Gasteiger partial charge is 0.497 e. The van der Waals surface area contributed by atoms with Crippen molar-refractivity contribution >= 4 is 5.91 Å². The minimum Gasteiger partial charge on any atom is -0.497 e. The smallest absolute Gasteiger partial charge is 0.423 e. The van der Waals surface area contributed by atoms with Gasteiger partial charge in [0.25, 0.3) is 0 Å². The Morgan fingerprint density at radius 3 is 2.40 bits per heavy atom. The molecular weight excluding hydrogens is 335 g/mol. The Labute approximate surface area is 143 Å². The van der Waals surface area contributed by atoms with Crippen molar-refractivity contribution in [2.24, 2.45) is 0 Å². The Morgan fingerprint density at radius 2 is 1.80 bits per heavy atom. The van der Waals surface area contributed by atoms with Gasteiger partial charge in [0.05, 0.1) is 20.1 Å². The van der Waals surface area contributed by atoms with E-state index in [1.54, 1.807) is 30.3 Å². The van der Waals surface area contributed by atoms with Crippen LogP contribution in [0.5, 0.6) is 5.75 Å². The molecule has 2 N–H and O–H groups in total. The van der Waals surface area contributed by atoms with Crippen molar-refractivity contribution in [3.05, 3.63) is 65.7 Å². The van der Waals surface area contributed by atoms with E-state index in [0.717, 1.165) is 0 Å². The van der Waals surface area contributed by atoms with Crippen LogP contribution >= 0.6 is 0 Å². The average Bonchev–Trinajstić information content (AvgIpc) is 2.59. The second-order valence-corrected chi connectivity index (χ2v) is 5.53. The summed E-state index contributed by atoms with van der Waals surface area (Å²) in [5.74, 6) is -0.0896. The van der Waals surface area contributed by atoms with Crippen molar-refractivity contribution in [2.45, 2.75) is 18.2 Å². The van der Waals surface area contributed by atoms with Gasteiger partial charge in [0.1, 0.15) is 5.75 Å². The van der Waals surface area contributed by atoms with E-state index in [-0.39, 0.29) is 12.0 Å². The lowest BCUT2D eigenvalue weighted by Crippen LogP contribution is -2.51. The van der Waals surface area contributed by atoms with Gasteiger partial charge in [0.15, 0.2) is 0 Å². The molecule has 1 amide bonds. The third-order valence-electron chi connectivity index (χ3n) is 3.76. The van der Waals surface area contributed by atoms with Gasteiger partial charge in [-0.3, -0.25) is 4.79 Å². The number of amides is 1. The molecule has 0 aromatic heterocycles. The number of alkyl halides is 3. The molecule has 0 aliphatic heterocycles. The van der Waals surface area contributed by atoms with E-state index in [4.69, 9.17) is 4.74 Å². The average molecular weight is 353 g/mol. The Hall–Kier alpha value is -2.54. The van der Waals surface area contributed by atoms with Crippen LogP contribution in [0.1, 0.15) is 11.1 Å². The van der Waals surface area contributed by atoms with Crippen LogP contribution < -0.4 is 10.1 Å². The van der Waals surface area contributed by atoms with Gasteiger partial charge < -0.3 is 15.2 Å². The molecule has 2 aromatic rings. The van der Waals surface area contributed by atoms with E-state index in [9.17, 15) is 23.1 Å². The zero-order chi connectivity index (χ0) is 18.5. The summed E-state index contributed by atoms with van der Waals surface area (Å²) < 4.78 is 45.1. The summed E-state index contributed by atoms with van der Waals surface area (Å²) in [6, 6.07) is 13.3. The van der Waals surface area contributed by atoms with Gasteiger partial charge in [-0.15, -0.1) is 0 Å². The summed E-state index contributed by atoms with van der Waals surface area (Å²) in [7, 11) is 1.47. The highest BCUT2D eigenvalue weighted by Gasteiger charge is 2.55. The summed E-state index contributed by atoms with van der Waals surface area (Å²) in [6.07, 6.45) is -5.06. The van der Waals surface area contributed by atoms with Crippen LogP contribution in [0.4, 0.5) is 13.2 Å². The van der Waals surface area contributed by atoms with Crippen LogP contribution in [0.2, 0.25) is 0 Å². The molecule has 25 heavy (non-hydrogen) atoms. The van der Waals surface area contributed by atoms with Crippen molar-refractivity contribution in [1.29, 1.82) is 0 Å². The summed E-state index contributed by atoms with van der Waals surface area (Å²) in [5.41, 5.74) is -2.89. The fourth-order valence-electron chi connectivity index (χ4n) is 2.34. The molecule has 1 unspecified atom stereocenters. The van der Waals surface area contributed by atoms with E-state index in [2.05, 4.69) is 5.32 Å². The quantitative estimate of drug-likeness (QED) is 0.840. The molecule has 0 bridgehead atoms. The van der Waals surface area contributed by atoms with Crippen molar-refractivity contribution < 1.29 is 27.8 Å². The fourth-order valence-corrected chi connectivity index (χ4v) is 2.34. The number of hydrogen-bond acceptors (Lipinski definition) is 3. The van der Waals surface area contributed by atoms with Gasteiger partial charge in [-0.25, -0.2) is 0 Å². The molecule has 4 nitrogen and oxygen atoms in total. The van der Waals surface area contributed by atoms with Crippen molar-refractivity contribution in [3.8, 4) is 5.75 Å². The number of carbonyl (C=O) groups excluding carboxylic acids is 1. The number of benzene rings is 2. The highest BCUT2D eigenvalue weighted by atomic mass is 19.4. The molecule has 0 heterocycles. The summed E-state index contributed by atoms with van der Waals surface area (Å²) in [5, 5.41) is 12.3. The summed E-state index contributed by atoms with van der Waals surface area (Å²) in [6.45, 7) is -0.969. The number of methoxy groups -OCH3 is 1. The van der Waals surface area contributed by atoms with Gasteiger partial charge in [-0.05, 0) is 23.3 Å². The summed E-state index contributed by atoms with van der Waals surface area (Å²) in [4.78, 5) is 12.0. The zero-order valence-electron chi connectivity index (χ0n) is 13.5. The number of halogens is 3. The SMILES string of the molecule is COc1cccc(CC(=O)NCC(O)(c2ccccc2)C(F)(F)F)c1. The van der Waals surface area contributed by atoms with Gasteiger partial charge in [0.2, 0.25) is 11.5 Å². The van der Waals surface area contributed by atoms with Crippen molar-refractivity contribution in [2.75, 3.05) is 13.7 Å². The topological polar surface area (TPSA) is 58.6 Å². The van der Waals surface area contributed by atoms with Gasteiger partial charge in [-0.2, -0.15) is 13.2 Å². The van der Waals surface area contributed by atoms with Gasteiger partial charge in [0, 0.05) is 0 Å². The first-order chi connectivity index (χ1) is 11.8. The maximum atomic E-state index is 13.3. The van der Waals surface area contributed by atoms with E-state index in [1.807, 2.05) is 0 Å². The highest BCUT2D eigenvalue weighted by molar-refractivity contribution is 5.78. The van der Waals surface area contributed by atoms with Crippen LogP contribution in [-0.2, 0) is 16.8 Å². The number of rotatable bonds is 6. The first-order valence-electron chi connectivity index (χ1n) is 7.50. The maximum Gasteiger partial charge on any atom is 0.423 e. The van der Waals surface area contributed by atoms with Crippen molar-refractivity contribution in [3.63, 3.8) is 0 Å². The lowest BCUT2D eigenvalue weighted by molar-refractivity contribution is -0.264. The third-order valence-corrected chi connectivity index (χ3v) is 3.76. The maximum absolute atomic E-state index is 13.3. The predicted octanol–water partition coefficient (Wildman–Crippen LogP) is 2.80. The number of nitrogens with one attached hydrogen (secondary N) is 1. The minimum absolute atomic E-state index is 0.125. The van der Waals surface area contributed by atoms with Crippen LogP contribution in [0.25, 0.3) is 0 Å². The number of hydrogen-bond donors (Lipinski definition) is 2. The second kappa shape index (κ2) is 7.57. The van der Waals surface area contributed by atoms with Crippen LogP contribution in [0.3, 0.4) is 0 Å². The van der Waals surface area contributed by atoms with E-state index < -0.39 is 24.2 Å². The molecule has 0 saturated heterocycles. The first-order valence-corrected chi connectivity index (χ1v) is 7.50. The first kappa shape index (κ1) is 18.8. The molecule has 0 saturated carbocycles. The van der Waals surface area contributed by atoms with Gasteiger partial charge in [-0.1, -0.05) is 42.5 Å². The van der Waals surface area contributed by atoms with Gasteiger partial charge >= 0.3 is 6.18 Å². The molecule has 2 aromatic carbocycles. The third kappa shape index (κ3) is 4.51. The zero-order valence-corrected chi connectivity index (χ0v) is 13.5. The van der Waals surface area contributed by atoms with Crippen LogP contribution in [0.15, 0.2) is 54.6 Å². The number of carbonyl (C=O) groups is 1. The Bertz CT molecular complexity index is 719. The standard InChI is InChI=1S/C18H18F3NO3/c1-25-15-9-5-6-13(10-15)11-16(23)22-12-17(24,18(19,20)21)14-7-3-2-4-8-14/h2-10,24H,11-12H2,1H3,(H,22,23). The number of aliphatic hydroxyl groups is 1. The van der Waals surface area contributed by atoms with Crippen molar-refractivity contribution in [1.82, 2.24) is 5.32 Å². The molecule has 1 atom stereocenters. The molecule has 0 radical (unpaired) electrons. The lowest BCUT2D eigenvalue weighted by atomic mass is 9.93. The Kier molecular flexibility index (Phi) is 5.69. The highest BCUT2D eigenvalue weighted by Crippen LogP contribution is 2.38.